The van der Waals surface area contributed by atoms with E-state index in [1.54, 1.807) is 11.8 Å². The van der Waals surface area contributed by atoms with Gasteiger partial charge in [-0.2, -0.15) is 0 Å². The minimum Gasteiger partial charge on any atom is -0.240 e. The lowest BCUT2D eigenvalue weighted by atomic mass is 10.1. The molecule has 0 aromatic carbocycles. The molecule has 0 radical (unpaired) electrons. The first kappa shape index (κ1) is 11.5. The molecule has 3 heteroatoms. The van der Waals surface area contributed by atoms with Gasteiger partial charge in [-0.05, 0) is 12.2 Å². The van der Waals surface area contributed by atoms with Crippen LogP contribution >= 0.6 is 11.8 Å². The SMILES string of the molecule is CSc1cnc(C(C)C)nc1C(C)C. The summed E-state index contributed by atoms with van der Waals surface area (Å²) < 4.78 is 0. The number of thioether (sulfide) groups is 1. The van der Waals surface area contributed by atoms with Crippen LogP contribution in [-0.4, -0.2) is 16.2 Å². The van der Waals surface area contributed by atoms with Gasteiger partial charge in [0, 0.05) is 17.0 Å². The summed E-state index contributed by atoms with van der Waals surface area (Å²) in [7, 11) is 0. The minimum atomic E-state index is 0.406. The van der Waals surface area contributed by atoms with Crippen molar-refractivity contribution in [2.24, 2.45) is 0 Å². The molecule has 78 valence electrons. The zero-order valence-electron chi connectivity index (χ0n) is 9.53. The van der Waals surface area contributed by atoms with E-state index in [2.05, 4.69) is 43.9 Å². The third-order valence-corrected chi connectivity index (χ3v) is 2.84. The summed E-state index contributed by atoms with van der Waals surface area (Å²) >= 11 is 1.72. The lowest BCUT2D eigenvalue weighted by Crippen LogP contribution is -2.04. The summed E-state index contributed by atoms with van der Waals surface area (Å²) in [6.07, 6.45) is 4.02. The molecule has 0 unspecified atom stereocenters. The Labute approximate surface area is 90.5 Å². The van der Waals surface area contributed by atoms with Crippen molar-refractivity contribution in [3.63, 3.8) is 0 Å². The molecule has 1 heterocycles. The van der Waals surface area contributed by atoms with Crippen LogP contribution < -0.4 is 0 Å². The molecule has 0 spiro atoms. The molecule has 0 aliphatic rings. The van der Waals surface area contributed by atoms with Gasteiger partial charge in [-0.25, -0.2) is 9.97 Å². The van der Waals surface area contributed by atoms with Crippen molar-refractivity contribution in [2.75, 3.05) is 6.26 Å². The molecule has 1 aromatic rings. The van der Waals surface area contributed by atoms with Gasteiger partial charge in [-0.15, -0.1) is 11.8 Å². The van der Waals surface area contributed by atoms with E-state index >= 15 is 0 Å². The van der Waals surface area contributed by atoms with E-state index in [1.807, 2.05) is 6.20 Å². The Morgan fingerprint density at radius 1 is 1.14 bits per heavy atom. The first-order valence-electron chi connectivity index (χ1n) is 4.97. The fraction of sp³-hybridized carbons (Fsp3) is 0.636. The van der Waals surface area contributed by atoms with E-state index < -0.39 is 0 Å². The van der Waals surface area contributed by atoms with Crippen LogP contribution in [0.4, 0.5) is 0 Å². The zero-order chi connectivity index (χ0) is 10.7. The molecule has 1 rings (SSSR count). The average Bonchev–Trinajstić information content (AvgIpc) is 2.16. The molecule has 0 saturated carbocycles. The van der Waals surface area contributed by atoms with Crippen molar-refractivity contribution in [2.45, 2.75) is 44.4 Å². The van der Waals surface area contributed by atoms with Crippen LogP contribution in [0.5, 0.6) is 0 Å². The van der Waals surface area contributed by atoms with Crippen LogP contribution in [0.3, 0.4) is 0 Å². The van der Waals surface area contributed by atoms with E-state index in [4.69, 9.17) is 0 Å². The largest absolute Gasteiger partial charge is 0.240 e. The molecule has 0 N–H and O–H groups in total. The molecule has 0 bridgehead atoms. The molecule has 1 aromatic heterocycles. The summed E-state index contributed by atoms with van der Waals surface area (Å²) in [4.78, 5) is 10.2. The molecular formula is C11H18N2S. The minimum absolute atomic E-state index is 0.406. The number of rotatable bonds is 3. The summed E-state index contributed by atoms with van der Waals surface area (Å²) in [6.45, 7) is 8.59. The Morgan fingerprint density at radius 2 is 1.79 bits per heavy atom. The lowest BCUT2D eigenvalue weighted by Gasteiger charge is -2.12. The molecule has 0 atom stereocenters. The Kier molecular flexibility index (Phi) is 3.93. The summed E-state index contributed by atoms with van der Waals surface area (Å²) in [5.74, 6) is 1.83. The van der Waals surface area contributed by atoms with Gasteiger partial charge in [0.05, 0.1) is 5.69 Å². The molecule has 0 saturated heterocycles. The Hall–Kier alpha value is -0.570. The van der Waals surface area contributed by atoms with E-state index in [0.717, 1.165) is 5.82 Å². The highest BCUT2D eigenvalue weighted by atomic mass is 32.2. The van der Waals surface area contributed by atoms with Gasteiger partial charge in [-0.3, -0.25) is 0 Å². The van der Waals surface area contributed by atoms with Gasteiger partial charge < -0.3 is 0 Å². The van der Waals surface area contributed by atoms with Crippen molar-refractivity contribution in [3.05, 3.63) is 17.7 Å². The van der Waals surface area contributed by atoms with E-state index in [9.17, 15) is 0 Å². The topological polar surface area (TPSA) is 25.8 Å². The number of hydrogen-bond donors (Lipinski definition) is 0. The van der Waals surface area contributed by atoms with Crippen molar-refractivity contribution < 1.29 is 0 Å². The van der Waals surface area contributed by atoms with E-state index in [1.165, 1.54) is 10.6 Å². The normalized spacial score (nSPS) is 11.4. The first-order chi connectivity index (χ1) is 6.56. The summed E-state index contributed by atoms with van der Waals surface area (Å²) in [6, 6.07) is 0. The van der Waals surface area contributed by atoms with Gasteiger partial charge in [0.15, 0.2) is 0 Å². The number of aromatic nitrogens is 2. The van der Waals surface area contributed by atoms with Crippen LogP contribution in [0.2, 0.25) is 0 Å². The fourth-order valence-electron chi connectivity index (χ4n) is 1.25. The maximum Gasteiger partial charge on any atom is 0.131 e. The molecule has 0 amide bonds. The van der Waals surface area contributed by atoms with Crippen molar-refractivity contribution in [1.29, 1.82) is 0 Å². The van der Waals surface area contributed by atoms with Crippen molar-refractivity contribution in [3.8, 4) is 0 Å². The predicted molar refractivity (Wildman–Crippen MR) is 62.0 cm³/mol. The number of hydrogen-bond acceptors (Lipinski definition) is 3. The van der Waals surface area contributed by atoms with Crippen LogP contribution in [0.1, 0.15) is 51.0 Å². The van der Waals surface area contributed by atoms with Crippen molar-refractivity contribution in [1.82, 2.24) is 9.97 Å². The van der Waals surface area contributed by atoms with Crippen LogP contribution in [0, 0.1) is 0 Å². The van der Waals surface area contributed by atoms with Gasteiger partial charge >= 0.3 is 0 Å². The third-order valence-electron chi connectivity index (χ3n) is 2.08. The quantitative estimate of drug-likeness (QED) is 0.715. The standard InChI is InChI=1S/C11H18N2S/c1-7(2)10-9(14-5)6-12-11(13-10)8(3)4/h6-8H,1-5H3. The Morgan fingerprint density at radius 3 is 2.21 bits per heavy atom. The molecule has 0 aliphatic carbocycles. The average molecular weight is 210 g/mol. The maximum absolute atomic E-state index is 4.61. The monoisotopic (exact) mass is 210 g/mol. The predicted octanol–water partition coefficient (Wildman–Crippen LogP) is 3.45. The zero-order valence-corrected chi connectivity index (χ0v) is 10.4. The number of nitrogens with zero attached hydrogens (tertiary/aromatic N) is 2. The highest BCUT2D eigenvalue weighted by molar-refractivity contribution is 7.98. The van der Waals surface area contributed by atoms with Crippen LogP contribution in [-0.2, 0) is 0 Å². The smallest absolute Gasteiger partial charge is 0.131 e. The highest BCUT2D eigenvalue weighted by Crippen LogP contribution is 2.25. The second kappa shape index (κ2) is 4.78. The lowest BCUT2D eigenvalue weighted by molar-refractivity contribution is 0.709. The molecule has 14 heavy (non-hydrogen) atoms. The van der Waals surface area contributed by atoms with Gasteiger partial charge in [0.2, 0.25) is 0 Å². The molecule has 0 fully saturated rings. The van der Waals surface area contributed by atoms with Gasteiger partial charge in [0.25, 0.3) is 0 Å². The summed E-state index contributed by atoms with van der Waals surface area (Å²) in [5.41, 5.74) is 1.18. The summed E-state index contributed by atoms with van der Waals surface area (Å²) in [5, 5.41) is 0. The van der Waals surface area contributed by atoms with Gasteiger partial charge in [-0.1, -0.05) is 27.7 Å². The molecular weight excluding hydrogens is 192 g/mol. The molecule has 0 aliphatic heterocycles. The first-order valence-corrected chi connectivity index (χ1v) is 6.19. The van der Waals surface area contributed by atoms with E-state index in [0.29, 0.717) is 11.8 Å². The second-order valence-corrected chi connectivity index (χ2v) is 4.84. The highest BCUT2D eigenvalue weighted by Gasteiger charge is 2.11. The fourth-order valence-corrected chi connectivity index (χ4v) is 1.90. The Balaban J connectivity index is 3.14. The molecule has 2 nitrogen and oxygen atoms in total. The second-order valence-electron chi connectivity index (χ2n) is 3.99. The maximum atomic E-state index is 4.61. The Bertz CT molecular complexity index is 308. The van der Waals surface area contributed by atoms with Crippen LogP contribution in [0.15, 0.2) is 11.1 Å². The third kappa shape index (κ3) is 2.47. The van der Waals surface area contributed by atoms with E-state index in [-0.39, 0.29) is 0 Å². The van der Waals surface area contributed by atoms with Crippen LogP contribution in [0.25, 0.3) is 0 Å². The van der Waals surface area contributed by atoms with Gasteiger partial charge in [0.1, 0.15) is 5.82 Å². The van der Waals surface area contributed by atoms with Crippen molar-refractivity contribution >= 4 is 11.8 Å².